The lowest BCUT2D eigenvalue weighted by atomic mass is 9.83. The fraction of sp³-hybridized carbons (Fsp3) is 0. The molecule has 4 heterocycles. The monoisotopic (exact) mass is 610 g/mol. The molecule has 0 bridgehead atoms. The van der Waals surface area contributed by atoms with Crippen LogP contribution in [0.25, 0.3) is 98.8 Å². The second-order valence-corrected chi connectivity index (χ2v) is 12.2. The summed E-state index contributed by atoms with van der Waals surface area (Å²) in [7, 11) is 0. The van der Waals surface area contributed by atoms with E-state index in [2.05, 4.69) is 120 Å². The molecule has 0 fully saturated rings. The Morgan fingerprint density at radius 3 is 1.69 bits per heavy atom. The lowest BCUT2D eigenvalue weighted by Gasteiger charge is -2.20. The molecule has 0 amide bonds. The molecule has 6 aromatic carbocycles. The summed E-state index contributed by atoms with van der Waals surface area (Å²) in [6, 6.07) is 51.5. The number of benzene rings is 6. The number of rotatable bonds is 3. The first-order chi connectivity index (χ1) is 23.8. The minimum atomic E-state index is 0.895. The highest BCUT2D eigenvalue weighted by atomic mass is 14.8. The van der Waals surface area contributed by atoms with Crippen LogP contribution in [0.5, 0.6) is 0 Å². The van der Waals surface area contributed by atoms with Gasteiger partial charge in [0.25, 0.3) is 0 Å². The number of fused-ring (bicyclic) bond motifs is 7. The predicted octanol–water partition coefficient (Wildman–Crippen LogP) is 11.2. The zero-order valence-corrected chi connectivity index (χ0v) is 25.8. The normalized spacial score (nSPS) is 11.8. The van der Waals surface area contributed by atoms with Crippen LogP contribution < -0.4 is 0 Å². The summed E-state index contributed by atoms with van der Waals surface area (Å²) in [5.74, 6) is 0. The summed E-state index contributed by atoms with van der Waals surface area (Å²) in [6.45, 7) is 0. The summed E-state index contributed by atoms with van der Waals surface area (Å²) in [5, 5.41) is 8.15. The molecule has 0 saturated carbocycles. The van der Waals surface area contributed by atoms with Gasteiger partial charge in [-0.25, -0.2) is 9.97 Å². The Kier molecular flexibility index (Phi) is 5.84. The van der Waals surface area contributed by atoms with Crippen molar-refractivity contribution in [1.82, 2.24) is 19.9 Å². The van der Waals surface area contributed by atoms with Crippen molar-refractivity contribution in [3.63, 3.8) is 0 Å². The zero-order chi connectivity index (χ0) is 31.6. The zero-order valence-electron chi connectivity index (χ0n) is 25.8. The molecule has 0 radical (unpaired) electrons. The quantitative estimate of drug-likeness (QED) is 0.147. The van der Waals surface area contributed by atoms with E-state index in [1.54, 1.807) is 6.20 Å². The molecule has 0 N–H and O–H groups in total. The third-order valence-corrected chi connectivity index (χ3v) is 9.53. The summed E-state index contributed by atoms with van der Waals surface area (Å²) < 4.78 is 0. The fourth-order valence-corrected chi connectivity index (χ4v) is 7.40. The summed E-state index contributed by atoms with van der Waals surface area (Å²) >= 11 is 0. The van der Waals surface area contributed by atoms with Crippen LogP contribution in [-0.4, -0.2) is 19.9 Å². The maximum absolute atomic E-state index is 5.20. The molecule has 0 aliphatic heterocycles. The first-order valence-corrected chi connectivity index (χ1v) is 16.1. The van der Waals surface area contributed by atoms with Gasteiger partial charge >= 0.3 is 0 Å². The highest BCUT2D eigenvalue weighted by molar-refractivity contribution is 6.27. The van der Waals surface area contributed by atoms with Crippen molar-refractivity contribution in [2.45, 2.75) is 0 Å². The lowest BCUT2D eigenvalue weighted by molar-refractivity contribution is 1.33. The van der Waals surface area contributed by atoms with Crippen LogP contribution in [0.1, 0.15) is 0 Å². The maximum atomic E-state index is 5.20. The van der Waals surface area contributed by atoms with Gasteiger partial charge in [0.15, 0.2) is 0 Å². The van der Waals surface area contributed by atoms with Gasteiger partial charge in [0.05, 0.1) is 33.3 Å². The number of para-hydroxylation sites is 1. The molecule has 10 aromatic rings. The average Bonchev–Trinajstić information content (AvgIpc) is 3.16. The maximum Gasteiger partial charge on any atom is 0.0978 e. The molecule has 0 unspecified atom stereocenters. The number of hydrogen-bond acceptors (Lipinski definition) is 4. The fourth-order valence-electron chi connectivity index (χ4n) is 7.40. The summed E-state index contributed by atoms with van der Waals surface area (Å²) in [6.07, 6.45) is 3.66. The van der Waals surface area contributed by atoms with Crippen molar-refractivity contribution in [2.75, 3.05) is 0 Å². The molecule has 4 nitrogen and oxygen atoms in total. The Morgan fingerprint density at radius 1 is 0.312 bits per heavy atom. The number of aromatic nitrogens is 4. The van der Waals surface area contributed by atoms with Gasteiger partial charge < -0.3 is 0 Å². The molecule has 0 atom stereocenters. The Morgan fingerprint density at radius 2 is 0.917 bits per heavy atom. The molecule has 4 heteroatoms. The van der Waals surface area contributed by atoms with Crippen LogP contribution in [0.4, 0.5) is 0 Å². The van der Waals surface area contributed by atoms with E-state index in [0.717, 1.165) is 55.0 Å². The van der Waals surface area contributed by atoms with Gasteiger partial charge in [-0.15, -0.1) is 0 Å². The van der Waals surface area contributed by atoms with Crippen LogP contribution >= 0.6 is 0 Å². The average molecular weight is 611 g/mol. The van der Waals surface area contributed by atoms with Crippen molar-refractivity contribution in [3.8, 4) is 33.5 Å². The second kappa shape index (κ2) is 10.5. The van der Waals surface area contributed by atoms with Gasteiger partial charge in [0.1, 0.15) is 0 Å². The van der Waals surface area contributed by atoms with E-state index in [-0.39, 0.29) is 0 Å². The van der Waals surface area contributed by atoms with E-state index < -0.39 is 0 Å². The molecule has 10 rings (SSSR count). The highest BCUT2D eigenvalue weighted by Gasteiger charge is 2.21. The lowest BCUT2D eigenvalue weighted by Crippen LogP contribution is -1.95. The minimum absolute atomic E-state index is 0.895. The van der Waals surface area contributed by atoms with E-state index in [0.29, 0.717) is 0 Å². The Hall–Kier alpha value is -6.52. The summed E-state index contributed by atoms with van der Waals surface area (Å²) in [5.41, 5.74) is 11.4. The first-order valence-electron chi connectivity index (χ1n) is 16.1. The van der Waals surface area contributed by atoms with Gasteiger partial charge in [0, 0.05) is 39.7 Å². The second-order valence-electron chi connectivity index (χ2n) is 12.2. The number of pyridine rings is 4. The SMILES string of the molecule is c1cnc2c(c1)ccc1c(-c3c4ccccc4c(-c4ccc(-c5ccc6ncccc6n5)cc4)c4ccccc34)c3ccccc3nc12. The van der Waals surface area contributed by atoms with Gasteiger partial charge in [-0.2, -0.15) is 0 Å². The topological polar surface area (TPSA) is 51.6 Å². The Bertz CT molecular complexity index is 2840. The molecular formula is C44H26N4. The van der Waals surface area contributed by atoms with E-state index in [4.69, 9.17) is 15.0 Å². The molecule has 4 aromatic heterocycles. The molecule has 0 aliphatic carbocycles. The number of hydrogen-bond donors (Lipinski definition) is 0. The Balaban J connectivity index is 1.26. The van der Waals surface area contributed by atoms with Crippen molar-refractivity contribution in [3.05, 3.63) is 158 Å². The van der Waals surface area contributed by atoms with E-state index in [1.807, 2.05) is 36.5 Å². The molecule has 0 aliphatic rings. The van der Waals surface area contributed by atoms with Crippen LogP contribution in [0.15, 0.2) is 158 Å². The predicted molar refractivity (Wildman–Crippen MR) is 199 cm³/mol. The Labute approximate surface area is 276 Å². The van der Waals surface area contributed by atoms with Gasteiger partial charge in [0.2, 0.25) is 0 Å². The molecule has 48 heavy (non-hydrogen) atoms. The van der Waals surface area contributed by atoms with Crippen LogP contribution in [0.3, 0.4) is 0 Å². The standard InChI is InChI=1S/C44H26N4/c1-3-12-32-30(10-1)40(28-19-17-27(18-20-28)36-23-24-38-39(47-36)16-8-25-45-38)31-11-2-4-13-33(31)41(32)42-34-14-5-6-15-37(34)48-44-35(42)22-21-29-9-7-26-46-43(29)44/h1-26H. The van der Waals surface area contributed by atoms with Crippen LogP contribution in [-0.2, 0) is 0 Å². The summed E-state index contributed by atoms with van der Waals surface area (Å²) in [4.78, 5) is 19.3. The van der Waals surface area contributed by atoms with Gasteiger partial charge in [-0.3, -0.25) is 9.97 Å². The van der Waals surface area contributed by atoms with E-state index in [1.165, 1.54) is 43.8 Å². The first kappa shape index (κ1) is 26.7. The smallest absolute Gasteiger partial charge is 0.0978 e. The van der Waals surface area contributed by atoms with Crippen molar-refractivity contribution < 1.29 is 0 Å². The van der Waals surface area contributed by atoms with E-state index >= 15 is 0 Å². The van der Waals surface area contributed by atoms with Crippen molar-refractivity contribution >= 4 is 65.3 Å². The van der Waals surface area contributed by atoms with Crippen molar-refractivity contribution in [1.29, 1.82) is 0 Å². The third-order valence-electron chi connectivity index (χ3n) is 9.53. The van der Waals surface area contributed by atoms with Crippen LogP contribution in [0, 0.1) is 0 Å². The number of nitrogens with zero attached hydrogens (tertiary/aromatic N) is 4. The highest BCUT2D eigenvalue weighted by Crippen LogP contribution is 2.47. The van der Waals surface area contributed by atoms with E-state index in [9.17, 15) is 0 Å². The van der Waals surface area contributed by atoms with Crippen molar-refractivity contribution in [2.24, 2.45) is 0 Å². The molecular weight excluding hydrogens is 585 g/mol. The molecule has 222 valence electrons. The van der Waals surface area contributed by atoms with Gasteiger partial charge in [-0.1, -0.05) is 109 Å². The minimum Gasteiger partial charge on any atom is -0.255 e. The van der Waals surface area contributed by atoms with Crippen LogP contribution in [0.2, 0.25) is 0 Å². The third kappa shape index (κ3) is 4.03. The van der Waals surface area contributed by atoms with Gasteiger partial charge in [-0.05, 0) is 74.6 Å². The molecule has 0 saturated heterocycles. The largest absolute Gasteiger partial charge is 0.255 e. The molecule has 0 spiro atoms.